The standard InChI is InChI=1S/C26H19NO3S/c1-17-11-13-20(14-12-17)31-24-16-19(29-18-7-3-2-4-8-18)15-23-25(24)26(28)27-21-9-5-6-10-22(21)30-23/h2-16H,1H3,(H,27,28). The molecule has 1 amide bonds. The SMILES string of the molecule is Cc1ccc(Sc2cc(Oc3ccccc3)cc3c2C(=O)Nc2ccccc2O3)cc1. The van der Waals surface area contributed by atoms with Crippen molar-refractivity contribution in [2.75, 3.05) is 5.32 Å². The number of nitrogens with one attached hydrogen (secondary N) is 1. The molecule has 1 N–H and O–H groups in total. The van der Waals surface area contributed by atoms with Crippen molar-refractivity contribution in [3.8, 4) is 23.0 Å². The van der Waals surface area contributed by atoms with Gasteiger partial charge in [-0.3, -0.25) is 4.79 Å². The lowest BCUT2D eigenvalue weighted by atomic mass is 10.1. The van der Waals surface area contributed by atoms with Crippen molar-refractivity contribution in [1.29, 1.82) is 0 Å². The molecule has 0 atom stereocenters. The zero-order valence-corrected chi connectivity index (χ0v) is 17.6. The highest BCUT2D eigenvalue weighted by Crippen LogP contribution is 2.44. The Morgan fingerprint density at radius 3 is 2.35 bits per heavy atom. The monoisotopic (exact) mass is 425 g/mol. The third-order valence-electron chi connectivity index (χ3n) is 4.85. The maximum absolute atomic E-state index is 13.2. The highest BCUT2D eigenvalue weighted by molar-refractivity contribution is 7.99. The number of benzene rings is 4. The molecular formula is C26H19NO3S. The highest BCUT2D eigenvalue weighted by atomic mass is 32.2. The van der Waals surface area contributed by atoms with Gasteiger partial charge >= 0.3 is 0 Å². The second-order valence-corrected chi connectivity index (χ2v) is 8.29. The average molecular weight is 426 g/mol. The molecule has 0 radical (unpaired) electrons. The molecule has 1 aliphatic heterocycles. The second kappa shape index (κ2) is 8.20. The van der Waals surface area contributed by atoms with Crippen molar-refractivity contribution in [2.24, 2.45) is 0 Å². The van der Waals surface area contributed by atoms with Crippen LogP contribution in [0.4, 0.5) is 5.69 Å². The zero-order valence-electron chi connectivity index (χ0n) is 16.8. The van der Waals surface area contributed by atoms with Crippen LogP contribution in [-0.4, -0.2) is 5.91 Å². The molecule has 0 saturated carbocycles. The van der Waals surface area contributed by atoms with E-state index in [9.17, 15) is 4.79 Å². The van der Waals surface area contributed by atoms with Gasteiger partial charge in [0.2, 0.25) is 0 Å². The lowest BCUT2D eigenvalue weighted by molar-refractivity contribution is 0.102. The third-order valence-corrected chi connectivity index (χ3v) is 5.90. The molecule has 0 saturated heterocycles. The van der Waals surface area contributed by atoms with Crippen molar-refractivity contribution < 1.29 is 14.3 Å². The van der Waals surface area contributed by atoms with Crippen LogP contribution in [0.5, 0.6) is 23.0 Å². The summed E-state index contributed by atoms with van der Waals surface area (Å²) in [6.07, 6.45) is 0. The lowest BCUT2D eigenvalue weighted by Crippen LogP contribution is -2.11. The molecule has 0 spiro atoms. The van der Waals surface area contributed by atoms with E-state index in [1.807, 2.05) is 79.7 Å². The Morgan fingerprint density at radius 2 is 1.55 bits per heavy atom. The first-order chi connectivity index (χ1) is 15.2. The number of ether oxygens (including phenoxy) is 2. The fourth-order valence-corrected chi connectivity index (χ4v) is 4.33. The Hall–Kier alpha value is -3.70. The molecule has 4 nitrogen and oxygen atoms in total. The topological polar surface area (TPSA) is 47.6 Å². The minimum absolute atomic E-state index is 0.208. The van der Waals surface area contributed by atoms with E-state index >= 15 is 0 Å². The van der Waals surface area contributed by atoms with Gasteiger partial charge in [0.1, 0.15) is 17.2 Å². The van der Waals surface area contributed by atoms with Crippen molar-refractivity contribution in [3.63, 3.8) is 0 Å². The molecule has 1 heterocycles. The third kappa shape index (κ3) is 4.13. The fraction of sp³-hybridized carbons (Fsp3) is 0.0385. The number of fused-ring (bicyclic) bond motifs is 2. The van der Waals surface area contributed by atoms with Crippen LogP contribution in [0.1, 0.15) is 15.9 Å². The number of hydrogen-bond donors (Lipinski definition) is 1. The summed E-state index contributed by atoms with van der Waals surface area (Å²) < 4.78 is 12.3. The van der Waals surface area contributed by atoms with E-state index in [1.54, 1.807) is 6.07 Å². The van der Waals surface area contributed by atoms with E-state index in [0.717, 1.165) is 9.79 Å². The van der Waals surface area contributed by atoms with E-state index in [2.05, 4.69) is 17.4 Å². The van der Waals surface area contributed by atoms with Gasteiger partial charge in [-0.2, -0.15) is 0 Å². The van der Waals surface area contributed by atoms with Crippen LogP contribution in [0.15, 0.2) is 101 Å². The first-order valence-electron chi connectivity index (χ1n) is 9.89. The summed E-state index contributed by atoms with van der Waals surface area (Å²) in [5, 5.41) is 2.96. The summed E-state index contributed by atoms with van der Waals surface area (Å²) in [6.45, 7) is 2.05. The van der Waals surface area contributed by atoms with Gasteiger partial charge < -0.3 is 14.8 Å². The molecule has 31 heavy (non-hydrogen) atoms. The van der Waals surface area contributed by atoms with Gasteiger partial charge in [-0.05, 0) is 49.4 Å². The van der Waals surface area contributed by atoms with Gasteiger partial charge in [0.15, 0.2) is 5.75 Å². The van der Waals surface area contributed by atoms with Gasteiger partial charge in [-0.15, -0.1) is 0 Å². The summed E-state index contributed by atoms with van der Waals surface area (Å²) in [6, 6.07) is 28.8. The molecule has 0 aliphatic carbocycles. The summed E-state index contributed by atoms with van der Waals surface area (Å²) in [5.74, 6) is 2.17. The average Bonchev–Trinajstić information content (AvgIpc) is 2.91. The molecule has 4 aromatic carbocycles. The minimum atomic E-state index is -0.208. The normalized spacial score (nSPS) is 12.1. The number of anilines is 1. The maximum atomic E-state index is 13.2. The van der Waals surface area contributed by atoms with Crippen LogP contribution in [-0.2, 0) is 0 Å². The minimum Gasteiger partial charge on any atom is -0.457 e. The van der Waals surface area contributed by atoms with Gasteiger partial charge in [-0.1, -0.05) is 59.8 Å². The number of rotatable bonds is 4. The van der Waals surface area contributed by atoms with Crippen LogP contribution in [0, 0.1) is 6.92 Å². The van der Waals surface area contributed by atoms with Crippen molar-refractivity contribution in [3.05, 3.63) is 102 Å². The van der Waals surface area contributed by atoms with Gasteiger partial charge in [-0.25, -0.2) is 0 Å². The van der Waals surface area contributed by atoms with Gasteiger partial charge in [0, 0.05) is 15.9 Å². The molecule has 5 heteroatoms. The number of amides is 1. The smallest absolute Gasteiger partial charge is 0.260 e. The Kier molecular flexibility index (Phi) is 5.10. The quantitative estimate of drug-likeness (QED) is 0.373. The van der Waals surface area contributed by atoms with Crippen LogP contribution >= 0.6 is 11.8 Å². The fourth-order valence-electron chi connectivity index (χ4n) is 3.33. The van der Waals surface area contributed by atoms with E-state index in [0.29, 0.717) is 34.2 Å². The van der Waals surface area contributed by atoms with E-state index in [1.165, 1.54) is 17.3 Å². The van der Waals surface area contributed by atoms with Crippen molar-refractivity contribution in [2.45, 2.75) is 16.7 Å². The van der Waals surface area contributed by atoms with Crippen LogP contribution < -0.4 is 14.8 Å². The molecular weight excluding hydrogens is 406 g/mol. The summed E-state index contributed by atoms with van der Waals surface area (Å²) in [7, 11) is 0. The van der Waals surface area contributed by atoms with E-state index in [4.69, 9.17) is 9.47 Å². The number of aryl methyl sites for hydroxylation is 1. The molecule has 0 fully saturated rings. The Bertz CT molecular complexity index is 1250. The predicted molar refractivity (Wildman–Crippen MR) is 123 cm³/mol. The maximum Gasteiger partial charge on any atom is 0.260 e. The molecule has 5 rings (SSSR count). The molecule has 0 aromatic heterocycles. The van der Waals surface area contributed by atoms with Crippen LogP contribution in [0.3, 0.4) is 0 Å². The largest absolute Gasteiger partial charge is 0.457 e. The van der Waals surface area contributed by atoms with Crippen LogP contribution in [0.2, 0.25) is 0 Å². The molecule has 152 valence electrons. The predicted octanol–water partition coefficient (Wildman–Crippen LogP) is 7.30. The molecule has 1 aliphatic rings. The van der Waals surface area contributed by atoms with Crippen molar-refractivity contribution in [1.82, 2.24) is 0 Å². The Morgan fingerprint density at radius 1 is 0.806 bits per heavy atom. The van der Waals surface area contributed by atoms with Gasteiger partial charge in [0.05, 0.1) is 11.3 Å². The van der Waals surface area contributed by atoms with E-state index < -0.39 is 0 Å². The van der Waals surface area contributed by atoms with Crippen LogP contribution in [0.25, 0.3) is 0 Å². The second-order valence-electron chi connectivity index (χ2n) is 7.18. The zero-order chi connectivity index (χ0) is 21.2. The first kappa shape index (κ1) is 19.3. The number of hydrogen-bond acceptors (Lipinski definition) is 4. The van der Waals surface area contributed by atoms with Crippen molar-refractivity contribution >= 4 is 23.4 Å². The number of carbonyl (C=O) groups excluding carboxylic acids is 1. The molecule has 4 aromatic rings. The van der Waals surface area contributed by atoms with Gasteiger partial charge in [0.25, 0.3) is 5.91 Å². The highest BCUT2D eigenvalue weighted by Gasteiger charge is 2.26. The molecule has 0 unspecified atom stereocenters. The first-order valence-corrected chi connectivity index (χ1v) is 10.7. The summed E-state index contributed by atoms with van der Waals surface area (Å²) in [5.41, 5.74) is 2.31. The van der Waals surface area contributed by atoms with E-state index in [-0.39, 0.29) is 5.91 Å². The Balaban J connectivity index is 1.61. The number of para-hydroxylation sites is 3. The lowest BCUT2D eigenvalue weighted by Gasteiger charge is -2.14. The molecule has 0 bridgehead atoms. The Labute approximate surface area is 184 Å². The number of carbonyl (C=O) groups is 1. The summed E-state index contributed by atoms with van der Waals surface area (Å²) >= 11 is 1.51. The summed E-state index contributed by atoms with van der Waals surface area (Å²) in [4.78, 5) is 14.9.